The summed E-state index contributed by atoms with van der Waals surface area (Å²) in [5, 5.41) is 0. The Morgan fingerprint density at radius 2 is 1.24 bits per heavy atom. The number of ketones is 1. The van der Waals surface area contributed by atoms with Crippen molar-refractivity contribution in [3.63, 3.8) is 0 Å². The van der Waals surface area contributed by atoms with Crippen molar-refractivity contribution in [2.45, 2.75) is 19.3 Å². The van der Waals surface area contributed by atoms with E-state index in [2.05, 4.69) is 13.2 Å². The van der Waals surface area contributed by atoms with Crippen molar-refractivity contribution in [2.75, 3.05) is 0 Å². The van der Waals surface area contributed by atoms with Crippen molar-refractivity contribution in [2.24, 2.45) is 0 Å². The van der Waals surface area contributed by atoms with E-state index in [1.54, 1.807) is 24.3 Å². The molecule has 0 aliphatic heterocycles. The molecule has 110 valence electrons. The molecule has 2 aromatic rings. The summed E-state index contributed by atoms with van der Waals surface area (Å²) in [5.74, 6) is -0.758. The second kappa shape index (κ2) is 8.10. The number of Topliss-reactive ketones (excluding diaryl/α,β-unsaturated/α-hetero) is 1. The summed E-state index contributed by atoms with van der Waals surface area (Å²) < 4.78 is 25.9. The summed E-state index contributed by atoms with van der Waals surface area (Å²) in [5.41, 5.74) is 1.70. The lowest BCUT2D eigenvalue weighted by molar-refractivity contribution is -0.117. The van der Waals surface area contributed by atoms with Crippen LogP contribution in [0.5, 0.6) is 0 Å². The van der Waals surface area contributed by atoms with Crippen LogP contribution < -0.4 is 0 Å². The number of halogens is 2. The Morgan fingerprint density at radius 3 is 1.52 bits per heavy atom. The van der Waals surface area contributed by atoms with E-state index < -0.39 is 0 Å². The minimum absolute atomic E-state index is 0.0404. The number of rotatable bonds is 4. The third-order valence-corrected chi connectivity index (χ3v) is 3.04. The molecule has 0 heterocycles. The van der Waals surface area contributed by atoms with E-state index in [4.69, 9.17) is 0 Å². The Bertz CT molecular complexity index is 528. The van der Waals surface area contributed by atoms with Gasteiger partial charge in [-0.05, 0) is 42.3 Å². The van der Waals surface area contributed by atoms with Crippen LogP contribution in [0.25, 0.3) is 0 Å². The molecule has 0 saturated heterocycles. The summed E-state index contributed by atoms with van der Waals surface area (Å²) >= 11 is 0. The first-order valence-corrected chi connectivity index (χ1v) is 6.56. The summed E-state index contributed by atoms with van der Waals surface area (Å²) in [6, 6.07) is 12.1. The van der Waals surface area contributed by atoms with Crippen molar-refractivity contribution < 1.29 is 13.6 Å². The van der Waals surface area contributed by atoms with Crippen LogP contribution in [-0.2, 0) is 4.79 Å². The second-order valence-corrected chi connectivity index (χ2v) is 4.56. The van der Waals surface area contributed by atoms with E-state index in [9.17, 15) is 13.6 Å². The van der Waals surface area contributed by atoms with Crippen molar-refractivity contribution in [1.29, 1.82) is 0 Å². The predicted octanol–water partition coefficient (Wildman–Crippen LogP) is 4.88. The first-order valence-electron chi connectivity index (χ1n) is 6.56. The molecule has 2 aromatic carbocycles. The lowest BCUT2D eigenvalue weighted by Crippen LogP contribution is -2.06. The van der Waals surface area contributed by atoms with Crippen LogP contribution in [0.15, 0.2) is 61.7 Å². The fraction of sp³-hybridized carbons (Fsp3) is 0.167. The zero-order valence-electron chi connectivity index (χ0n) is 12.0. The lowest BCUT2D eigenvalue weighted by Gasteiger charge is -2.16. The maximum absolute atomic E-state index is 13.0. The average molecular weight is 288 g/mol. The van der Waals surface area contributed by atoms with E-state index in [0.29, 0.717) is 6.42 Å². The Kier molecular flexibility index (Phi) is 6.47. The van der Waals surface area contributed by atoms with E-state index >= 15 is 0 Å². The highest BCUT2D eigenvalue weighted by atomic mass is 19.1. The molecular weight excluding hydrogens is 270 g/mol. The van der Waals surface area contributed by atoms with Gasteiger partial charge < -0.3 is 0 Å². The zero-order chi connectivity index (χ0) is 15.8. The number of benzene rings is 2. The molecule has 0 N–H and O–H groups in total. The first kappa shape index (κ1) is 16.8. The molecule has 0 aliphatic carbocycles. The zero-order valence-corrected chi connectivity index (χ0v) is 12.0. The highest BCUT2D eigenvalue weighted by molar-refractivity contribution is 5.77. The van der Waals surface area contributed by atoms with Gasteiger partial charge in [-0.15, -0.1) is 13.2 Å². The Labute approximate surface area is 123 Å². The van der Waals surface area contributed by atoms with Gasteiger partial charge in [0.05, 0.1) is 0 Å². The summed E-state index contributed by atoms with van der Waals surface area (Å²) in [6.45, 7) is 7.51. The minimum Gasteiger partial charge on any atom is -0.300 e. The molecule has 0 bridgehead atoms. The van der Waals surface area contributed by atoms with Crippen LogP contribution >= 0.6 is 0 Å². The monoisotopic (exact) mass is 288 g/mol. The van der Waals surface area contributed by atoms with Gasteiger partial charge in [-0.3, -0.25) is 4.79 Å². The third-order valence-electron chi connectivity index (χ3n) is 3.04. The quantitative estimate of drug-likeness (QED) is 0.733. The number of carbonyl (C=O) groups is 1. The van der Waals surface area contributed by atoms with Crippen LogP contribution in [0.1, 0.15) is 30.4 Å². The highest BCUT2D eigenvalue weighted by Crippen LogP contribution is 2.28. The van der Waals surface area contributed by atoms with Crippen LogP contribution in [0.3, 0.4) is 0 Å². The minimum atomic E-state index is -0.315. The van der Waals surface area contributed by atoms with E-state index in [1.807, 2.05) is 0 Å². The van der Waals surface area contributed by atoms with Crippen molar-refractivity contribution in [1.82, 2.24) is 0 Å². The maximum atomic E-state index is 13.0. The molecule has 0 radical (unpaired) electrons. The van der Waals surface area contributed by atoms with Crippen LogP contribution in [0.2, 0.25) is 0 Å². The van der Waals surface area contributed by atoms with Gasteiger partial charge in [-0.2, -0.15) is 0 Å². The second-order valence-electron chi connectivity index (χ2n) is 4.56. The normalized spacial score (nSPS) is 9.90. The molecule has 0 amide bonds. The van der Waals surface area contributed by atoms with Crippen molar-refractivity contribution in [3.05, 3.63) is 84.5 Å². The molecule has 0 fully saturated rings. The fourth-order valence-electron chi connectivity index (χ4n) is 2.11. The summed E-state index contributed by atoms with van der Waals surface area (Å²) in [7, 11) is 0. The number of carbonyl (C=O) groups excluding carboxylic acids is 1. The Hall–Kier alpha value is -2.29. The maximum Gasteiger partial charge on any atom is 0.130 e. The molecular formula is C18H18F2O. The number of hydrogen-bond donors (Lipinski definition) is 0. The van der Waals surface area contributed by atoms with Gasteiger partial charge in [0, 0.05) is 12.3 Å². The fourth-order valence-corrected chi connectivity index (χ4v) is 2.11. The molecule has 0 saturated carbocycles. The molecule has 2 rings (SSSR count). The highest BCUT2D eigenvalue weighted by Gasteiger charge is 2.16. The molecule has 3 heteroatoms. The molecule has 1 nitrogen and oxygen atoms in total. The standard InChI is InChI=1S/C16H14F2O.C2H4/c1-11(19)10-16(12-2-6-14(17)7-3-12)13-4-8-15(18)9-5-13;1-2/h2-9,16H,10H2,1H3;1-2H2. The van der Waals surface area contributed by atoms with Crippen LogP contribution in [0, 0.1) is 11.6 Å². The lowest BCUT2D eigenvalue weighted by atomic mass is 9.87. The largest absolute Gasteiger partial charge is 0.300 e. The molecule has 21 heavy (non-hydrogen) atoms. The van der Waals surface area contributed by atoms with Gasteiger partial charge in [0.15, 0.2) is 0 Å². The third kappa shape index (κ3) is 4.95. The van der Waals surface area contributed by atoms with Gasteiger partial charge in [-0.1, -0.05) is 24.3 Å². The molecule has 0 aliphatic rings. The van der Waals surface area contributed by atoms with Gasteiger partial charge in [-0.25, -0.2) is 8.78 Å². The van der Waals surface area contributed by atoms with E-state index in [1.165, 1.54) is 31.2 Å². The SMILES string of the molecule is C=C.CC(=O)CC(c1ccc(F)cc1)c1ccc(F)cc1. The van der Waals surface area contributed by atoms with Crippen LogP contribution in [-0.4, -0.2) is 5.78 Å². The van der Waals surface area contributed by atoms with Gasteiger partial charge >= 0.3 is 0 Å². The van der Waals surface area contributed by atoms with Gasteiger partial charge in [0.25, 0.3) is 0 Å². The number of hydrogen-bond acceptors (Lipinski definition) is 1. The first-order chi connectivity index (χ1) is 10.1. The topological polar surface area (TPSA) is 17.1 Å². The molecule has 0 unspecified atom stereocenters. The Balaban J connectivity index is 0.00000106. The van der Waals surface area contributed by atoms with Crippen LogP contribution in [0.4, 0.5) is 8.78 Å². The van der Waals surface area contributed by atoms with Gasteiger partial charge in [0.2, 0.25) is 0 Å². The Morgan fingerprint density at radius 1 is 0.905 bits per heavy atom. The summed E-state index contributed by atoms with van der Waals surface area (Å²) in [6.07, 6.45) is 0.317. The average Bonchev–Trinajstić information content (AvgIpc) is 2.49. The molecule has 0 aromatic heterocycles. The van der Waals surface area contributed by atoms with E-state index in [-0.39, 0.29) is 23.3 Å². The van der Waals surface area contributed by atoms with Crippen molar-refractivity contribution in [3.8, 4) is 0 Å². The van der Waals surface area contributed by atoms with Gasteiger partial charge in [0.1, 0.15) is 17.4 Å². The summed E-state index contributed by atoms with van der Waals surface area (Å²) in [4.78, 5) is 11.4. The molecule has 0 spiro atoms. The smallest absolute Gasteiger partial charge is 0.130 e. The van der Waals surface area contributed by atoms with Crippen molar-refractivity contribution >= 4 is 5.78 Å². The predicted molar refractivity (Wildman–Crippen MR) is 81.2 cm³/mol. The van der Waals surface area contributed by atoms with E-state index in [0.717, 1.165) is 11.1 Å². The molecule has 0 atom stereocenters.